The van der Waals surface area contributed by atoms with Gasteiger partial charge in [0, 0.05) is 36.3 Å². The standard InChI is InChI=1S/C23H26FN3O2/c1-14-3-10-19-21(27(14)23(28)15-4-5-15)12-11-18(20(25)13-26-2)22(19)29-17-8-6-16(24)7-9-17/h6-9,11-15,26H,3-5,10,25H2,1-2H3/b20-13-. The molecule has 29 heavy (non-hydrogen) atoms. The SMILES string of the molecule is CN/C=C(\N)c1ccc2c(c1Oc1ccc(F)cc1)CCC(C)N2C(=O)C1CC1. The molecule has 0 spiro atoms. The molecule has 1 aliphatic heterocycles. The van der Waals surface area contributed by atoms with Crippen molar-refractivity contribution < 1.29 is 13.9 Å². The average molecular weight is 395 g/mol. The van der Waals surface area contributed by atoms with Gasteiger partial charge < -0.3 is 20.7 Å². The van der Waals surface area contributed by atoms with E-state index in [1.807, 2.05) is 17.0 Å². The minimum atomic E-state index is -0.322. The molecular weight excluding hydrogens is 369 g/mol. The lowest BCUT2D eigenvalue weighted by molar-refractivity contribution is -0.120. The van der Waals surface area contributed by atoms with Gasteiger partial charge >= 0.3 is 0 Å². The van der Waals surface area contributed by atoms with Gasteiger partial charge in [0.15, 0.2) is 0 Å². The maximum atomic E-state index is 13.3. The molecule has 0 radical (unpaired) electrons. The van der Waals surface area contributed by atoms with E-state index in [0.29, 0.717) is 17.2 Å². The number of anilines is 1. The first-order chi connectivity index (χ1) is 14.0. The van der Waals surface area contributed by atoms with Gasteiger partial charge in [0.25, 0.3) is 0 Å². The fourth-order valence-electron chi connectivity index (χ4n) is 3.87. The highest BCUT2D eigenvalue weighted by Gasteiger charge is 2.39. The lowest BCUT2D eigenvalue weighted by Gasteiger charge is -2.36. The van der Waals surface area contributed by atoms with Gasteiger partial charge in [-0.25, -0.2) is 4.39 Å². The summed E-state index contributed by atoms with van der Waals surface area (Å²) in [6.45, 7) is 2.09. The van der Waals surface area contributed by atoms with Crippen LogP contribution in [0.25, 0.3) is 5.70 Å². The number of benzene rings is 2. The van der Waals surface area contributed by atoms with E-state index in [4.69, 9.17) is 10.5 Å². The number of nitrogens with one attached hydrogen (secondary N) is 1. The minimum absolute atomic E-state index is 0.138. The van der Waals surface area contributed by atoms with Crippen molar-refractivity contribution in [1.29, 1.82) is 0 Å². The van der Waals surface area contributed by atoms with Crippen LogP contribution < -0.4 is 20.7 Å². The molecule has 0 bridgehead atoms. The molecule has 1 unspecified atom stereocenters. The topological polar surface area (TPSA) is 67.6 Å². The van der Waals surface area contributed by atoms with Crippen LogP contribution in [-0.4, -0.2) is 19.0 Å². The Morgan fingerprint density at radius 1 is 1.21 bits per heavy atom. The number of rotatable bonds is 5. The number of halogens is 1. The Bertz CT molecular complexity index is 951. The zero-order chi connectivity index (χ0) is 20.5. The molecular formula is C23H26FN3O2. The third kappa shape index (κ3) is 3.79. The molecule has 2 aromatic carbocycles. The Morgan fingerprint density at radius 3 is 2.59 bits per heavy atom. The van der Waals surface area contributed by atoms with E-state index in [1.54, 1.807) is 25.4 Å². The van der Waals surface area contributed by atoms with Crippen LogP contribution in [0.5, 0.6) is 11.5 Å². The molecule has 1 aliphatic carbocycles. The van der Waals surface area contributed by atoms with Crippen LogP contribution in [0.2, 0.25) is 0 Å². The molecule has 4 rings (SSSR count). The second-order valence-electron chi connectivity index (χ2n) is 7.75. The third-order valence-electron chi connectivity index (χ3n) is 5.56. The van der Waals surface area contributed by atoms with E-state index >= 15 is 0 Å². The van der Waals surface area contributed by atoms with Gasteiger partial charge in [0.1, 0.15) is 17.3 Å². The summed E-state index contributed by atoms with van der Waals surface area (Å²) in [6, 6.07) is 9.92. The molecule has 1 amide bonds. The second kappa shape index (κ2) is 7.78. The highest BCUT2D eigenvalue weighted by molar-refractivity contribution is 5.99. The number of amides is 1. The van der Waals surface area contributed by atoms with Crippen molar-refractivity contribution in [3.63, 3.8) is 0 Å². The Balaban J connectivity index is 1.82. The molecule has 1 saturated carbocycles. The van der Waals surface area contributed by atoms with Crippen molar-refractivity contribution in [2.45, 2.75) is 38.6 Å². The molecule has 3 N–H and O–H groups in total. The fourth-order valence-corrected chi connectivity index (χ4v) is 3.87. The number of carbonyl (C=O) groups excluding carboxylic acids is 1. The van der Waals surface area contributed by atoms with Crippen molar-refractivity contribution >= 4 is 17.3 Å². The highest BCUT2D eigenvalue weighted by atomic mass is 19.1. The number of ether oxygens (including phenoxy) is 1. The Labute approximate surface area is 170 Å². The Morgan fingerprint density at radius 2 is 1.93 bits per heavy atom. The molecule has 1 heterocycles. The first kappa shape index (κ1) is 19.3. The third-order valence-corrected chi connectivity index (χ3v) is 5.56. The summed E-state index contributed by atoms with van der Waals surface area (Å²) in [5.41, 5.74) is 9.41. The summed E-state index contributed by atoms with van der Waals surface area (Å²) >= 11 is 0. The smallest absolute Gasteiger partial charge is 0.230 e. The summed E-state index contributed by atoms with van der Waals surface area (Å²) in [4.78, 5) is 14.9. The fraction of sp³-hybridized carbons (Fsp3) is 0.348. The van der Waals surface area contributed by atoms with Gasteiger partial charge in [-0.15, -0.1) is 0 Å². The van der Waals surface area contributed by atoms with E-state index in [2.05, 4.69) is 12.2 Å². The molecule has 152 valence electrons. The van der Waals surface area contributed by atoms with Crippen molar-refractivity contribution in [3.05, 3.63) is 59.5 Å². The normalized spacial score (nSPS) is 18.9. The lowest BCUT2D eigenvalue weighted by atomic mass is 9.92. The van der Waals surface area contributed by atoms with Crippen molar-refractivity contribution in [1.82, 2.24) is 5.32 Å². The number of fused-ring (bicyclic) bond motifs is 1. The summed E-state index contributed by atoms with van der Waals surface area (Å²) in [5.74, 6) is 1.16. The van der Waals surface area contributed by atoms with E-state index in [-0.39, 0.29) is 23.7 Å². The summed E-state index contributed by atoms with van der Waals surface area (Å²) < 4.78 is 19.6. The molecule has 1 fully saturated rings. The zero-order valence-electron chi connectivity index (χ0n) is 16.7. The van der Waals surface area contributed by atoms with Gasteiger partial charge in [-0.2, -0.15) is 0 Å². The van der Waals surface area contributed by atoms with Crippen LogP contribution >= 0.6 is 0 Å². The van der Waals surface area contributed by atoms with E-state index in [9.17, 15) is 9.18 Å². The van der Waals surface area contributed by atoms with Crippen LogP contribution in [0, 0.1) is 11.7 Å². The van der Waals surface area contributed by atoms with Gasteiger partial charge in [0.05, 0.1) is 11.4 Å². The van der Waals surface area contributed by atoms with Crippen molar-refractivity contribution in [3.8, 4) is 11.5 Å². The highest BCUT2D eigenvalue weighted by Crippen LogP contribution is 2.44. The predicted molar refractivity (Wildman–Crippen MR) is 112 cm³/mol. The van der Waals surface area contributed by atoms with Gasteiger partial charge in [-0.05, 0) is 69.0 Å². The second-order valence-corrected chi connectivity index (χ2v) is 7.75. The molecule has 6 heteroatoms. The Kier molecular flexibility index (Phi) is 5.18. The molecule has 5 nitrogen and oxygen atoms in total. The van der Waals surface area contributed by atoms with Crippen molar-refractivity contribution in [2.75, 3.05) is 11.9 Å². The maximum absolute atomic E-state index is 13.3. The van der Waals surface area contributed by atoms with Crippen molar-refractivity contribution in [2.24, 2.45) is 11.7 Å². The van der Waals surface area contributed by atoms with Crippen LogP contribution in [0.4, 0.5) is 10.1 Å². The zero-order valence-corrected chi connectivity index (χ0v) is 16.7. The van der Waals surface area contributed by atoms with Crippen LogP contribution in [0.3, 0.4) is 0 Å². The van der Waals surface area contributed by atoms with E-state index in [1.165, 1.54) is 12.1 Å². The van der Waals surface area contributed by atoms with Crippen LogP contribution in [0.1, 0.15) is 37.3 Å². The molecule has 2 aliphatic rings. The summed E-state index contributed by atoms with van der Waals surface area (Å²) in [6.07, 6.45) is 5.27. The lowest BCUT2D eigenvalue weighted by Crippen LogP contribution is -2.43. The van der Waals surface area contributed by atoms with E-state index in [0.717, 1.165) is 42.5 Å². The number of carbonyl (C=O) groups is 1. The average Bonchev–Trinajstić information content (AvgIpc) is 3.55. The van der Waals surface area contributed by atoms with Gasteiger partial charge in [-0.3, -0.25) is 4.79 Å². The largest absolute Gasteiger partial charge is 0.456 e. The number of nitrogens with two attached hydrogens (primary N) is 1. The first-order valence-corrected chi connectivity index (χ1v) is 10.0. The monoisotopic (exact) mass is 395 g/mol. The molecule has 2 aromatic rings. The van der Waals surface area contributed by atoms with Gasteiger partial charge in [-0.1, -0.05) is 0 Å². The number of hydrogen-bond acceptors (Lipinski definition) is 4. The summed E-state index contributed by atoms with van der Waals surface area (Å²) in [5, 5.41) is 2.95. The Hall–Kier alpha value is -3.02. The number of hydrogen-bond donors (Lipinski definition) is 2. The van der Waals surface area contributed by atoms with Gasteiger partial charge in [0.2, 0.25) is 5.91 Å². The van der Waals surface area contributed by atoms with Crippen LogP contribution in [0.15, 0.2) is 42.6 Å². The maximum Gasteiger partial charge on any atom is 0.230 e. The van der Waals surface area contributed by atoms with Crippen LogP contribution in [-0.2, 0) is 11.2 Å². The first-order valence-electron chi connectivity index (χ1n) is 10.0. The predicted octanol–water partition coefficient (Wildman–Crippen LogP) is 4.17. The molecule has 0 saturated heterocycles. The molecule has 1 atom stereocenters. The van der Waals surface area contributed by atoms with E-state index < -0.39 is 0 Å². The number of nitrogens with zero attached hydrogens (tertiary/aromatic N) is 1. The molecule has 0 aromatic heterocycles. The summed E-state index contributed by atoms with van der Waals surface area (Å²) in [7, 11) is 1.78. The quantitative estimate of drug-likeness (QED) is 0.797. The minimum Gasteiger partial charge on any atom is -0.456 e.